The summed E-state index contributed by atoms with van der Waals surface area (Å²) < 4.78 is 0. The molecule has 1 fully saturated rings. The highest BCUT2D eigenvalue weighted by Gasteiger charge is 2.25. The van der Waals surface area contributed by atoms with Crippen LogP contribution in [0.25, 0.3) is 0 Å². The molecule has 7 heteroatoms. The van der Waals surface area contributed by atoms with Gasteiger partial charge in [0.15, 0.2) is 5.69 Å². The highest BCUT2D eigenvalue weighted by molar-refractivity contribution is 6.31. The third-order valence-electron chi connectivity index (χ3n) is 4.51. The van der Waals surface area contributed by atoms with Gasteiger partial charge in [-0.3, -0.25) is 4.79 Å². The molecule has 0 radical (unpaired) electrons. The van der Waals surface area contributed by atoms with Crippen molar-refractivity contribution in [2.45, 2.75) is 45.1 Å². The molecule has 25 heavy (non-hydrogen) atoms. The molecular formula is C18H20ClN3O3. The topological polar surface area (TPSA) is 95.3 Å². The average molecular weight is 362 g/mol. The van der Waals surface area contributed by atoms with Crippen molar-refractivity contribution in [1.29, 1.82) is 0 Å². The van der Waals surface area contributed by atoms with Crippen LogP contribution in [0.2, 0.25) is 5.02 Å². The molecule has 1 heterocycles. The molecule has 2 aromatic rings. The summed E-state index contributed by atoms with van der Waals surface area (Å²) in [5.41, 5.74) is 1.58. The van der Waals surface area contributed by atoms with Crippen LogP contribution in [-0.2, 0) is 6.54 Å². The van der Waals surface area contributed by atoms with Crippen molar-refractivity contribution in [2.75, 3.05) is 0 Å². The molecule has 3 N–H and O–H groups in total. The van der Waals surface area contributed by atoms with E-state index in [9.17, 15) is 15.0 Å². The van der Waals surface area contributed by atoms with Gasteiger partial charge in [0, 0.05) is 17.5 Å². The zero-order valence-electron chi connectivity index (χ0n) is 13.9. The van der Waals surface area contributed by atoms with Crippen molar-refractivity contribution in [2.24, 2.45) is 0 Å². The fourth-order valence-corrected chi connectivity index (χ4v) is 3.20. The molecule has 1 aliphatic rings. The highest BCUT2D eigenvalue weighted by Crippen LogP contribution is 2.35. The lowest BCUT2D eigenvalue weighted by Crippen LogP contribution is -2.25. The van der Waals surface area contributed by atoms with Crippen LogP contribution in [0, 0.1) is 6.92 Å². The zero-order valence-corrected chi connectivity index (χ0v) is 14.7. The van der Waals surface area contributed by atoms with Gasteiger partial charge in [0.05, 0.1) is 0 Å². The monoisotopic (exact) mass is 361 g/mol. The van der Waals surface area contributed by atoms with E-state index in [1.165, 1.54) is 0 Å². The molecule has 1 amide bonds. The maximum atomic E-state index is 12.4. The smallest absolute Gasteiger partial charge is 0.274 e. The molecule has 132 valence electrons. The fourth-order valence-electron chi connectivity index (χ4n) is 3.00. The van der Waals surface area contributed by atoms with Gasteiger partial charge in [-0.2, -0.15) is 4.98 Å². The number of hydrogen-bond acceptors (Lipinski definition) is 5. The van der Waals surface area contributed by atoms with E-state index < -0.39 is 17.5 Å². The number of amides is 1. The minimum Gasteiger partial charge on any atom is -0.501 e. The molecule has 1 aliphatic carbocycles. The number of aromatic hydroxyl groups is 2. The van der Waals surface area contributed by atoms with Crippen molar-refractivity contribution in [3.05, 3.63) is 45.9 Å². The lowest BCUT2D eigenvalue weighted by atomic mass is 10.1. The van der Waals surface area contributed by atoms with E-state index in [0.717, 1.165) is 36.8 Å². The Morgan fingerprint density at radius 1 is 1.28 bits per heavy atom. The van der Waals surface area contributed by atoms with E-state index in [4.69, 9.17) is 11.6 Å². The number of benzene rings is 1. The van der Waals surface area contributed by atoms with Gasteiger partial charge >= 0.3 is 0 Å². The molecule has 0 bridgehead atoms. The quantitative estimate of drug-likeness (QED) is 0.775. The maximum absolute atomic E-state index is 12.4. The first-order valence-electron chi connectivity index (χ1n) is 8.29. The van der Waals surface area contributed by atoms with E-state index >= 15 is 0 Å². The summed E-state index contributed by atoms with van der Waals surface area (Å²) in [6.07, 6.45) is 4.00. The maximum Gasteiger partial charge on any atom is 0.274 e. The predicted octanol–water partition coefficient (Wildman–Crippen LogP) is 3.44. The number of nitrogens with zero attached hydrogens (tertiary/aromatic N) is 2. The number of halogens is 1. The molecule has 1 aromatic carbocycles. The van der Waals surface area contributed by atoms with E-state index in [-0.39, 0.29) is 18.2 Å². The van der Waals surface area contributed by atoms with E-state index in [1.807, 2.05) is 19.1 Å². The van der Waals surface area contributed by atoms with Gasteiger partial charge in [-0.05, 0) is 37.0 Å². The predicted molar refractivity (Wildman–Crippen MR) is 93.9 cm³/mol. The lowest BCUT2D eigenvalue weighted by molar-refractivity contribution is 0.0941. The van der Waals surface area contributed by atoms with Crippen LogP contribution >= 0.6 is 11.6 Å². The SMILES string of the molecule is Cc1ccc(CNC(=O)c2nc(C3CCCC3)nc(O)c2O)cc1Cl. The Labute approximate surface area is 150 Å². The van der Waals surface area contributed by atoms with Crippen LogP contribution in [0.15, 0.2) is 18.2 Å². The first-order chi connectivity index (χ1) is 12.0. The van der Waals surface area contributed by atoms with Crippen LogP contribution in [0.5, 0.6) is 11.6 Å². The summed E-state index contributed by atoms with van der Waals surface area (Å²) >= 11 is 6.08. The molecule has 0 saturated heterocycles. The van der Waals surface area contributed by atoms with E-state index in [2.05, 4.69) is 15.3 Å². The Morgan fingerprint density at radius 2 is 2.00 bits per heavy atom. The third kappa shape index (κ3) is 3.85. The molecule has 0 atom stereocenters. The second kappa shape index (κ2) is 7.27. The summed E-state index contributed by atoms with van der Waals surface area (Å²) in [5.74, 6) is -1.18. The van der Waals surface area contributed by atoms with Gasteiger partial charge in [0.2, 0.25) is 5.75 Å². The minimum atomic E-state index is -0.596. The largest absolute Gasteiger partial charge is 0.501 e. The highest BCUT2D eigenvalue weighted by atomic mass is 35.5. The molecule has 0 spiro atoms. The number of carbonyl (C=O) groups excluding carboxylic acids is 1. The van der Waals surface area contributed by atoms with Gasteiger partial charge in [-0.25, -0.2) is 4.98 Å². The molecule has 6 nitrogen and oxygen atoms in total. The van der Waals surface area contributed by atoms with Crippen molar-refractivity contribution < 1.29 is 15.0 Å². The Hall–Kier alpha value is -2.34. The van der Waals surface area contributed by atoms with Crippen LogP contribution in [-0.4, -0.2) is 26.1 Å². The molecular weight excluding hydrogens is 342 g/mol. The number of aromatic nitrogens is 2. The van der Waals surface area contributed by atoms with E-state index in [1.54, 1.807) is 6.07 Å². The Bertz CT molecular complexity index is 804. The Balaban J connectivity index is 1.77. The number of hydrogen-bond donors (Lipinski definition) is 3. The average Bonchev–Trinajstić information content (AvgIpc) is 3.12. The normalized spacial score (nSPS) is 14.6. The Morgan fingerprint density at radius 3 is 2.68 bits per heavy atom. The van der Waals surface area contributed by atoms with Gasteiger partial charge in [0.25, 0.3) is 11.8 Å². The number of aryl methyl sites for hydroxylation is 1. The summed E-state index contributed by atoms with van der Waals surface area (Å²) in [4.78, 5) is 20.5. The van der Waals surface area contributed by atoms with Crippen molar-refractivity contribution in [3.63, 3.8) is 0 Å². The fraction of sp³-hybridized carbons (Fsp3) is 0.389. The van der Waals surface area contributed by atoms with E-state index in [0.29, 0.717) is 10.8 Å². The van der Waals surface area contributed by atoms with Gasteiger partial charge < -0.3 is 15.5 Å². The van der Waals surface area contributed by atoms with Gasteiger partial charge in [0.1, 0.15) is 5.82 Å². The minimum absolute atomic E-state index is 0.119. The van der Waals surface area contributed by atoms with Crippen LogP contribution in [0.4, 0.5) is 0 Å². The second-order valence-corrected chi connectivity index (χ2v) is 6.76. The standard InChI is InChI=1S/C18H20ClN3O3/c1-10-6-7-11(8-13(10)19)9-20-17(24)14-15(23)18(25)22-16(21-14)12-4-2-3-5-12/h6-8,12,23H,2-5,9H2,1H3,(H,20,24)(H,21,22,25). The molecule has 1 saturated carbocycles. The third-order valence-corrected chi connectivity index (χ3v) is 4.91. The number of carbonyl (C=O) groups is 1. The first kappa shape index (κ1) is 17.5. The van der Waals surface area contributed by atoms with Crippen molar-refractivity contribution >= 4 is 17.5 Å². The number of nitrogens with one attached hydrogen (secondary N) is 1. The lowest BCUT2D eigenvalue weighted by Gasteiger charge is -2.12. The first-order valence-corrected chi connectivity index (χ1v) is 8.66. The summed E-state index contributed by atoms with van der Waals surface area (Å²) in [5, 5.41) is 23.1. The zero-order chi connectivity index (χ0) is 18.0. The second-order valence-electron chi connectivity index (χ2n) is 6.35. The molecule has 3 rings (SSSR count). The molecule has 0 unspecified atom stereocenters. The summed E-state index contributed by atoms with van der Waals surface area (Å²) in [7, 11) is 0. The van der Waals surface area contributed by atoms with Crippen molar-refractivity contribution in [3.8, 4) is 11.6 Å². The molecule has 0 aliphatic heterocycles. The summed E-state index contributed by atoms with van der Waals surface area (Å²) in [6, 6.07) is 5.51. The van der Waals surface area contributed by atoms with Gasteiger partial charge in [-0.1, -0.05) is 36.6 Å². The van der Waals surface area contributed by atoms with Gasteiger partial charge in [-0.15, -0.1) is 0 Å². The van der Waals surface area contributed by atoms with Crippen LogP contribution < -0.4 is 5.32 Å². The summed E-state index contributed by atoms with van der Waals surface area (Å²) in [6.45, 7) is 2.14. The van der Waals surface area contributed by atoms with Crippen LogP contribution in [0.3, 0.4) is 0 Å². The van der Waals surface area contributed by atoms with Crippen molar-refractivity contribution in [1.82, 2.24) is 15.3 Å². The Kier molecular flexibility index (Phi) is 5.08. The van der Waals surface area contributed by atoms with Crippen LogP contribution in [0.1, 0.15) is 59.0 Å². The number of rotatable bonds is 4. The molecule has 1 aromatic heterocycles.